The normalized spacial score (nSPS) is 23.2. The molecule has 6 nitrogen and oxygen atoms in total. The summed E-state index contributed by atoms with van der Waals surface area (Å²) in [6.07, 6.45) is 0.892. The molecule has 1 aromatic rings. The molecule has 2 amide bonds. The van der Waals surface area contributed by atoms with Crippen molar-refractivity contribution >= 4 is 11.8 Å². The Kier molecular flexibility index (Phi) is 5.58. The fraction of sp³-hybridized carbons (Fsp3) is 0.579. The van der Waals surface area contributed by atoms with Crippen LogP contribution in [0.3, 0.4) is 0 Å². The first-order chi connectivity index (χ1) is 12.1. The van der Waals surface area contributed by atoms with E-state index >= 15 is 0 Å². The minimum atomic E-state index is 0.0610. The molecule has 2 aliphatic rings. The van der Waals surface area contributed by atoms with Gasteiger partial charge in [0.25, 0.3) is 0 Å². The summed E-state index contributed by atoms with van der Waals surface area (Å²) < 4.78 is 5.39. The van der Waals surface area contributed by atoms with Gasteiger partial charge in [0, 0.05) is 52.1 Å². The Hall–Kier alpha value is -2.08. The van der Waals surface area contributed by atoms with Gasteiger partial charge in [-0.05, 0) is 24.0 Å². The van der Waals surface area contributed by atoms with Crippen molar-refractivity contribution in [3.8, 4) is 5.75 Å². The highest BCUT2D eigenvalue weighted by atomic mass is 16.5. The zero-order valence-corrected chi connectivity index (χ0v) is 15.0. The van der Waals surface area contributed by atoms with Gasteiger partial charge in [0.15, 0.2) is 0 Å². The van der Waals surface area contributed by atoms with Crippen molar-refractivity contribution in [2.75, 3.05) is 46.4 Å². The van der Waals surface area contributed by atoms with Crippen LogP contribution in [0.2, 0.25) is 0 Å². The molecule has 1 aliphatic heterocycles. The third-order valence-corrected chi connectivity index (χ3v) is 5.21. The monoisotopic (exact) mass is 345 g/mol. The zero-order chi connectivity index (χ0) is 17.8. The number of hydrogen-bond donors (Lipinski definition) is 1. The van der Waals surface area contributed by atoms with E-state index in [1.165, 1.54) is 0 Å². The number of rotatable bonds is 6. The van der Waals surface area contributed by atoms with Crippen LogP contribution in [0.15, 0.2) is 24.3 Å². The maximum absolute atomic E-state index is 12.3. The summed E-state index contributed by atoms with van der Waals surface area (Å²) in [4.78, 5) is 27.8. The highest BCUT2D eigenvalue weighted by Crippen LogP contribution is 2.50. The Morgan fingerprint density at radius 3 is 2.60 bits per heavy atom. The average Bonchev–Trinajstić information content (AvgIpc) is 3.42. The predicted molar refractivity (Wildman–Crippen MR) is 95.5 cm³/mol. The van der Waals surface area contributed by atoms with Crippen molar-refractivity contribution in [1.82, 2.24) is 15.1 Å². The van der Waals surface area contributed by atoms with E-state index in [0.717, 1.165) is 50.5 Å². The number of carbonyl (C=O) groups excluding carboxylic acids is 2. The number of hydrogen-bond acceptors (Lipinski definition) is 4. The lowest BCUT2D eigenvalue weighted by atomic mass is 10.1. The van der Waals surface area contributed by atoms with Crippen LogP contribution in [0.25, 0.3) is 0 Å². The van der Waals surface area contributed by atoms with E-state index in [-0.39, 0.29) is 23.7 Å². The lowest BCUT2D eigenvalue weighted by molar-refractivity contribution is -0.130. The molecule has 6 heteroatoms. The largest absolute Gasteiger partial charge is 0.496 e. The van der Waals surface area contributed by atoms with Gasteiger partial charge >= 0.3 is 0 Å². The molecule has 1 saturated heterocycles. The highest BCUT2D eigenvalue weighted by molar-refractivity contribution is 5.83. The third kappa shape index (κ3) is 4.31. The first-order valence-corrected chi connectivity index (χ1v) is 8.98. The summed E-state index contributed by atoms with van der Waals surface area (Å²) in [5.41, 5.74) is 1.13. The van der Waals surface area contributed by atoms with Crippen LogP contribution in [-0.2, 0) is 9.59 Å². The maximum atomic E-state index is 12.3. The molecule has 1 aromatic carbocycles. The number of amides is 2. The summed E-state index contributed by atoms with van der Waals surface area (Å²) in [7, 11) is 1.67. The smallest absolute Gasteiger partial charge is 0.223 e. The molecule has 1 N–H and O–H groups in total. The van der Waals surface area contributed by atoms with Crippen molar-refractivity contribution in [2.45, 2.75) is 19.3 Å². The van der Waals surface area contributed by atoms with Crippen molar-refractivity contribution in [3.05, 3.63) is 29.8 Å². The summed E-state index contributed by atoms with van der Waals surface area (Å²) in [5.74, 6) is 1.48. The van der Waals surface area contributed by atoms with E-state index < -0.39 is 0 Å². The number of nitrogens with one attached hydrogen (secondary N) is 1. The Morgan fingerprint density at radius 2 is 1.92 bits per heavy atom. The van der Waals surface area contributed by atoms with E-state index in [0.29, 0.717) is 6.54 Å². The molecule has 2 atom stereocenters. The Morgan fingerprint density at radius 1 is 1.20 bits per heavy atom. The quantitative estimate of drug-likeness (QED) is 0.838. The molecule has 0 radical (unpaired) electrons. The summed E-state index contributed by atoms with van der Waals surface area (Å²) >= 11 is 0. The summed E-state index contributed by atoms with van der Waals surface area (Å²) in [6, 6.07) is 7.94. The summed E-state index contributed by atoms with van der Waals surface area (Å²) in [5, 5.41) is 3.06. The lowest BCUT2D eigenvalue weighted by Crippen LogP contribution is -2.49. The number of methoxy groups -OCH3 is 1. The molecule has 0 spiro atoms. The second-order valence-corrected chi connectivity index (χ2v) is 6.83. The summed E-state index contributed by atoms with van der Waals surface area (Å²) in [6.45, 7) is 6.43. The molecule has 1 heterocycles. The van der Waals surface area contributed by atoms with Gasteiger partial charge in [0.05, 0.1) is 7.11 Å². The predicted octanol–water partition coefficient (Wildman–Crippen LogP) is 1.08. The molecular weight excluding hydrogens is 318 g/mol. The fourth-order valence-electron chi connectivity index (χ4n) is 3.56. The molecule has 2 fully saturated rings. The topological polar surface area (TPSA) is 61.9 Å². The van der Waals surface area contributed by atoms with Crippen LogP contribution in [0.5, 0.6) is 5.75 Å². The average molecular weight is 345 g/mol. The molecular formula is C19H27N3O3. The first kappa shape index (κ1) is 17.7. The van der Waals surface area contributed by atoms with E-state index in [9.17, 15) is 9.59 Å². The van der Waals surface area contributed by atoms with Gasteiger partial charge in [0.1, 0.15) is 5.75 Å². The van der Waals surface area contributed by atoms with E-state index in [1.807, 2.05) is 29.2 Å². The maximum Gasteiger partial charge on any atom is 0.223 e. The van der Waals surface area contributed by atoms with E-state index in [4.69, 9.17) is 4.74 Å². The molecule has 1 saturated carbocycles. The SMILES string of the molecule is COc1ccccc1[C@H]1C[C@@H]1C(=O)NCCN1CCN(C(C)=O)CC1. The van der Waals surface area contributed by atoms with Crippen molar-refractivity contribution in [1.29, 1.82) is 0 Å². The highest BCUT2D eigenvalue weighted by Gasteiger charge is 2.45. The molecule has 0 aromatic heterocycles. The number of carbonyl (C=O) groups is 2. The minimum Gasteiger partial charge on any atom is -0.496 e. The molecule has 0 unspecified atom stereocenters. The molecule has 3 rings (SSSR count). The second kappa shape index (κ2) is 7.87. The molecule has 1 aliphatic carbocycles. The third-order valence-electron chi connectivity index (χ3n) is 5.21. The minimum absolute atomic E-state index is 0.0610. The number of para-hydroxylation sites is 1. The van der Waals surface area contributed by atoms with Crippen LogP contribution in [0, 0.1) is 5.92 Å². The number of piperazine rings is 1. The Labute approximate surface area is 149 Å². The van der Waals surface area contributed by atoms with Crippen molar-refractivity contribution in [3.63, 3.8) is 0 Å². The Balaban J connectivity index is 1.39. The molecule has 136 valence electrons. The second-order valence-electron chi connectivity index (χ2n) is 6.83. The van der Waals surface area contributed by atoms with Gasteiger partial charge in [-0.25, -0.2) is 0 Å². The van der Waals surface area contributed by atoms with Crippen LogP contribution >= 0.6 is 0 Å². The van der Waals surface area contributed by atoms with Gasteiger partial charge in [-0.2, -0.15) is 0 Å². The number of ether oxygens (including phenoxy) is 1. The Bertz CT molecular complexity index is 626. The zero-order valence-electron chi connectivity index (χ0n) is 15.0. The van der Waals surface area contributed by atoms with Gasteiger partial charge in [-0.1, -0.05) is 18.2 Å². The van der Waals surface area contributed by atoms with Gasteiger partial charge < -0.3 is 15.0 Å². The number of nitrogens with zero attached hydrogens (tertiary/aromatic N) is 2. The van der Waals surface area contributed by atoms with Crippen molar-refractivity contribution in [2.24, 2.45) is 5.92 Å². The van der Waals surface area contributed by atoms with Crippen molar-refractivity contribution < 1.29 is 14.3 Å². The van der Waals surface area contributed by atoms with Crippen LogP contribution in [-0.4, -0.2) is 68.0 Å². The van der Waals surface area contributed by atoms with Gasteiger partial charge in [-0.3, -0.25) is 14.5 Å². The molecule has 25 heavy (non-hydrogen) atoms. The number of benzene rings is 1. The van der Waals surface area contributed by atoms with E-state index in [1.54, 1.807) is 14.0 Å². The fourth-order valence-corrected chi connectivity index (χ4v) is 3.56. The van der Waals surface area contributed by atoms with Gasteiger partial charge in [-0.15, -0.1) is 0 Å². The lowest BCUT2D eigenvalue weighted by Gasteiger charge is -2.34. The van der Waals surface area contributed by atoms with Gasteiger partial charge in [0.2, 0.25) is 11.8 Å². The molecule has 0 bridgehead atoms. The van der Waals surface area contributed by atoms with Crippen LogP contribution < -0.4 is 10.1 Å². The first-order valence-electron chi connectivity index (χ1n) is 8.98. The van der Waals surface area contributed by atoms with Crippen LogP contribution in [0.4, 0.5) is 0 Å². The van der Waals surface area contributed by atoms with E-state index in [2.05, 4.69) is 10.2 Å². The standard InChI is InChI=1S/C19H27N3O3/c1-14(23)22-11-9-21(10-12-22)8-7-20-19(24)17-13-16(17)15-5-3-4-6-18(15)25-2/h3-6,16-17H,7-13H2,1-2H3,(H,20,24)/t16-,17+/m1/s1. The van der Waals surface area contributed by atoms with Crippen LogP contribution in [0.1, 0.15) is 24.8 Å².